The first-order chi connectivity index (χ1) is 7.02. The van der Waals surface area contributed by atoms with Crippen LogP contribution >= 0.6 is 0 Å². The van der Waals surface area contributed by atoms with E-state index in [4.69, 9.17) is 5.73 Å². The van der Waals surface area contributed by atoms with Crippen LogP contribution in [0, 0.1) is 19.7 Å². The van der Waals surface area contributed by atoms with E-state index in [1.807, 2.05) is 26.0 Å². The van der Waals surface area contributed by atoms with Crippen LogP contribution < -0.4 is 5.73 Å². The lowest BCUT2D eigenvalue weighted by Crippen LogP contribution is -2.22. The molecule has 0 unspecified atom stereocenters. The molecular formula is C13H18FN. The highest BCUT2D eigenvalue weighted by Gasteiger charge is 2.37. The summed E-state index contributed by atoms with van der Waals surface area (Å²) in [4.78, 5) is 0. The van der Waals surface area contributed by atoms with Crippen LogP contribution in [0.15, 0.2) is 12.1 Å². The molecule has 82 valence electrons. The molecule has 0 bridgehead atoms. The zero-order chi connectivity index (χ0) is 11.1. The van der Waals surface area contributed by atoms with Crippen LogP contribution in [0.5, 0.6) is 0 Å². The molecular weight excluding hydrogens is 189 g/mol. The quantitative estimate of drug-likeness (QED) is 0.810. The summed E-state index contributed by atoms with van der Waals surface area (Å²) >= 11 is 0. The SMILES string of the molecule is Cc1ccc(C)c(CCC2(N)CC2)c1F. The van der Waals surface area contributed by atoms with Crippen molar-refractivity contribution in [1.29, 1.82) is 0 Å². The Hall–Kier alpha value is -0.890. The van der Waals surface area contributed by atoms with Crippen molar-refractivity contribution in [3.05, 3.63) is 34.6 Å². The highest BCUT2D eigenvalue weighted by atomic mass is 19.1. The van der Waals surface area contributed by atoms with Crippen molar-refractivity contribution in [2.75, 3.05) is 0 Å². The minimum Gasteiger partial charge on any atom is -0.325 e. The van der Waals surface area contributed by atoms with Gasteiger partial charge in [-0.15, -0.1) is 0 Å². The average molecular weight is 207 g/mol. The molecule has 2 N–H and O–H groups in total. The number of hydrogen-bond acceptors (Lipinski definition) is 1. The van der Waals surface area contributed by atoms with Gasteiger partial charge in [0.25, 0.3) is 0 Å². The van der Waals surface area contributed by atoms with Crippen LogP contribution in [-0.4, -0.2) is 5.54 Å². The number of halogens is 1. The standard InChI is InChI=1S/C13H18FN/c1-9-3-4-10(2)12(14)11(9)5-6-13(15)7-8-13/h3-4H,5-8,15H2,1-2H3. The zero-order valence-corrected chi connectivity index (χ0v) is 9.44. The Bertz CT molecular complexity index is 380. The molecule has 0 atom stereocenters. The van der Waals surface area contributed by atoms with Crippen molar-refractivity contribution < 1.29 is 4.39 Å². The van der Waals surface area contributed by atoms with Crippen molar-refractivity contribution in [2.45, 2.75) is 45.1 Å². The molecule has 0 heterocycles. The van der Waals surface area contributed by atoms with Gasteiger partial charge in [0.2, 0.25) is 0 Å². The summed E-state index contributed by atoms with van der Waals surface area (Å²) in [6, 6.07) is 3.83. The number of nitrogens with two attached hydrogens (primary N) is 1. The summed E-state index contributed by atoms with van der Waals surface area (Å²) in [5.74, 6) is -0.0424. The molecule has 2 heteroatoms. The second-order valence-electron chi connectivity index (χ2n) is 4.85. The van der Waals surface area contributed by atoms with Crippen molar-refractivity contribution in [1.82, 2.24) is 0 Å². The van der Waals surface area contributed by atoms with Gasteiger partial charge >= 0.3 is 0 Å². The molecule has 1 nitrogen and oxygen atoms in total. The van der Waals surface area contributed by atoms with Crippen molar-refractivity contribution >= 4 is 0 Å². The number of benzene rings is 1. The van der Waals surface area contributed by atoms with E-state index < -0.39 is 0 Å². The van der Waals surface area contributed by atoms with E-state index in [1.165, 1.54) is 0 Å². The minimum absolute atomic E-state index is 0.0165. The van der Waals surface area contributed by atoms with E-state index in [0.717, 1.165) is 42.4 Å². The Morgan fingerprint density at radius 2 is 1.87 bits per heavy atom. The van der Waals surface area contributed by atoms with E-state index in [1.54, 1.807) is 0 Å². The molecule has 2 rings (SSSR count). The van der Waals surface area contributed by atoms with Gasteiger partial charge in [-0.2, -0.15) is 0 Å². The van der Waals surface area contributed by atoms with E-state index in [2.05, 4.69) is 0 Å². The first kappa shape index (κ1) is 10.6. The van der Waals surface area contributed by atoms with Gasteiger partial charge in [0.05, 0.1) is 0 Å². The molecule has 0 spiro atoms. The monoisotopic (exact) mass is 207 g/mol. The molecule has 1 saturated carbocycles. The topological polar surface area (TPSA) is 26.0 Å². The Kier molecular flexibility index (Phi) is 2.55. The summed E-state index contributed by atoms with van der Waals surface area (Å²) in [7, 11) is 0. The number of rotatable bonds is 3. The zero-order valence-electron chi connectivity index (χ0n) is 9.44. The predicted molar refractivity (Wildman–Crippen MR) is 60.3 cm³/mol. The van der Waals surface area contributed by atoms with Crippen LogP contribution in [-0.2, 0) is 6.42 Å². The van der Waals surface area contributed by atoms with Gasteiger partial charge in [0, 0.05) is 5.54 Å². The van der Waals surface area contributed by atoms with Gasteiger partial charge in [0.15, 0.2) is 0 Å². The van der Waals surface area contributed by atoms with Gasteiger partial charge in [-0.1, -0.05) is 12.1 Å². The third-order valence-corrected chi connectivity index (χ3v) is 3.44. The highest BCUT2D eigenvalue weighted by Crippen LogP contribution is 2.37. The predicted octanol–water partition coefficient (Wildman–Crippen LogP) is 2.87. The average Bonchev–Trinajstić information content (AvgIpc) is 2.91. The van der Waals surface area contributed by atoms with E-state index in [0.29, 0.717) is 0 Å². The fourth-order valence-corrected chi connectivity index (χ4v) is 1.93. The molecule has 1 aromatic rings. The smallest absolute Gasteiger partial charge is 0.129 e. The second-order valence-corrected chi connectivity index (χ2v) is 4.85. The lowest BCUT2D eigenvalue weighted by atomic mass is 9.97. The lowest BCUT2D eigenvalue weighted by Gasteiger charge is -2.12. The summed E-state index contributed by atoms with van der Waals surface area (Å²) in [6.07, 6.45) is 3.88. The third-order valence-electron chi connectivity index (χ3n) is 3.44. The van der Waals surface area contributed by atoms with E-state index in [-0.39, 0.29) is 11.4 Å². The van der Waals surface area contributed by atoms with Gasteiger partial charge in [0.1, 0.15) is 5.82 Å². The maximum atomic E-state index is 13.8. The van der Waals surface area contributed by atoms with Gasteiger partial charge in [-0.05, 0) is 56.2 Å². The van der Waals surface area contributed by atoms with Crippen LogP contribution in [0.3, 0.4) is 0 Å². The second kappa shape index (κ2) is 3.60. The molecule has 1 aliphatic carbocycles. The number of aryl methyl sites for hydroxylation is 2. The maximum absolute atomic E-state index is 13.8. The van der Waals surface area contributed by atoms with Crippen LogP contribution in [0.1, 0.15) is 36.0 Å². The van der Waals surface area contributed by atoms with Crippen LogP contribution in [0.4, 0.5) is 4.39 Å². The summed E-state index contributed by atoms with van der Waals surface area (Å²) in [6.45, 7) is 3.78. The minimum atomic E-state index is -0.0424. The third kappa shape index (κ3) is 2.20. The molecule has 1 aromatic carbocycles. The highest BCUT2D eigenvalue weighted by molar-refractivity contribution is 5.33. The fraction of sp³-hybridized carbons (Fsp3) is 0.538. The van der Waals surface area contributed by atoms with Gasteiger partial charge in [-0.25, -0.2) is 4.39 Å². The first-order valence-corrected chi connectivity index (χ1v) is 5.55. The Balaban J connectivity index is 2.16. The van der Waals surface area contributed by atoms with Crippen LogP contribution in [0.25, 0.3) is 0 Å². The van der Waals surface area contributed by atoms with Crippen molar-refractivity contribution in [2.24, 2.45) is 5.73 Å². The lowest BCUT2D eigenvalue weighted by molar-refractivity contribution is 0.564. The van der Waals surface area contributed by atoms with Gasteiger partial charge < -0.3 is 5.73 Å². The summed E-state index contributed by atoms with van der Waals surface area (Å²) in [5, 5.41) is 0. The molecule has 0 amide bonds. The Morgan fingerprint density at radius 1 is 1.27 bits per heavy atom. The summed E-state index contributed by atoms with van der Waals surface area (Å²) < 4.78 is 13.8. The first-order valence-electron chi connectivity index (χ1n) is 5.55. The van der Waals surface area contributed by atoms with Crippen LogP contribution in [0.2, 0.25) is 0 Å². The molecule has 0 saturated heterocycles. The van der Waals surface area contributed by atoms with Gasteiger partial charge in [-0.3, -0.25) is 0 Å². The number of hydrogen-bond donors (Lipinski definition) is 1. The molecule has 0 radical (unpaired) electrons. The molecule has 1 aliphatic rings. The molecule has 15 heavy (non-hydrogen) atoms. The van der Waals surface area contributed by atoms with Crippen molar-refractivity contribution in [3.8, 4) is 0 Å². The van der Waals surface area contributed by atoms with Crippen molar-refractivity contribution in [3.63, 3.8) is 0 Å². The van der Waals surface area contributed by atoms with E-state index >= 15 is 0 Å². The normalized spacial score (nSPS) is 17.9. The Labute approximate surface area is 90.5 Å². The molecule has 0 aromatic heterocycles. The van der Waals surface area contributed by atoms with E-state index in [9.17, 15) is 4.39 Å². The fourth-order valence-electron chi connectivity index (χ4n) is 1.93. The largest absolute Gasteiger partial charge is 0.325 e. The molecule has 0 aliphatic heterocycles. The summed E-state index contributed by atoms with van der Waals surface area (Å²) in [5.41, 5.74) is 8.66. The Morgan fingerprint density at radius 3 is 2.47 bits per heavy atom. The molecule has 1 fully saturated rings. The maximum Gasteiger partial charge on any atom is 0.129 e.